The number of benzene rings is 2. The number of anilines is 1. The first-order valence-corrected chi connectivity index (χ1v) is 9.74. The highest BCUT2D eigenvalue weighted by Crippen LogP contribution is 2.26. The van der Waals surface area contributed by atoms with Crippen molar-refractivity contribution in [2.24, 2.45) is 0 Å². The molecule has 0 spiro atoms. The van der Waals surface area contributed by atoms with Gasteiger partial charge in [-0.15, -0.1) is 0 Å². The van der Waals surface area contributed by atoms with E-state index in [9.17, 15) is 0 Å². The smallest absolute Gasteiger partial charge is 0.126 e. The minimum atomic E-state index is 0.000826. The Bertz CT molecular complexity index is 875. The summed E-state index contributed by atoms with van der Waals surface area (Å²) in [5.74, 6) is 0.925. The Labute approximate surface area is 161 Å². The van der Waals surface area contributed by atoms with E-state index in [1.165, 1.54) is 10.9 Å². The molecule has 27 heavy (non-hydrogen) atoms. The van der Waals surface area contributed by atoms with E-state index in [4.69, 9.17) is 9.72 Å². The summed E-state index contributed by atoms with van der Waals surface area (Å²) in [6.07, 6.45) is 1.98. The molecular weight excluding hydrogens is 334 g/mol. The molecule has 4 rings (SSSR count). The molecule has 2 N–H and O–H groups in total. The average Bonchev–Trinajstić information content (AvgIpc) is 2.73. The monoisotopic (exact) mass is 361 g/mol. The topological polar surface area (TPSA) is 46.2 Å². The first-order chi connectivity index (χ1) is 13.2. The lowest BCUT2D eigenvalue weighted by Gasteiger charge is -2.40. The van der Waals surface area contributed by atoms with E-state index in [1.54, 1.807) is 0 Å². The van der Waals surface area contributed by atoms with Gasteiger partial charge in [0.2, 0.25) is 0 Å². The van der Waals surface area contributed by atoms with Crippen LogP contribution in [0.1, 0.15) is 31.4 Å². The summed E-state index contributed by atoms with van der Waals surface area (Å²) in [5, 5.41) is 8.63. The fraction of sp³-hybridized carbons (Fsp3) is 0.348. The van der Waals surface area contributed by atoms with Crippen LogP contribution >= 0.6 is 0 Å². The molecule has 2 aromatic carbocycles. The molecular formula is C23H27N3O. The van der Waals surface area contributed by atoms with Crippen LogP contribution in [0.3, 0.4) is 0 Å². The zero-order valence-corrected chi connectivity index (χ0v) is 15.8. The number of hydrogen-bond donors (Lipinski definition) is 2. The van der Waals surface area contributed by atoms with Crippen molar-refractivity contribution in [1.29, 1.82) is 0 Å². The summed E-state index contributed by atoms with van der Waals surface area (Å²) in [5.41, 5.74) is 2.34. The number of nitrogens with zero attached hydrogens (tertiary/aromatic N) is 1. The van der Waals surface area contributed by atoms with E-state index >= 15 is 0 Å². The number of fused-ring (bicyclic) bond motifs is 1. The third-order valence-electron chi connectivity index (χ3n) is 5.48. The van der Waals surface area contributed by atoms with E-state index in [0.717, 1.165) is 43.9 Å². The first-order valence-electron chi connectivity index (χ1n) is 9.74. The molecule has 1 aliphatic heterocycles. The second kappa shape index (κ2) is 8.07. The Morgan fingerprint density at radius 3 is 2.52 bits per heavy atom. The van der Waals surface area contributed by atoms with E-state index < -0.39 is 0 Å². The molecule has 1 atom stereocenters. The second-order valence-corrected chi connectivity index (χ2v) is 7.41. The van der Waals surface area contributed by atoms with Crippen molar-refractivity contribution >= 4 is 16.7 Å². The van der Waals surface area contributed by atoms with Crippen molar-refractivity contribution < 1.29 is 4.74 Å². The zero-order valence-electron chi connectivity index (χ0n) is 15.8. The Morgan fingerprint density at radius 2 is 1.70 bits per heavy atom. The average molecular weight is 361 g/mol. The van der Waals surface area contributed by atoms with Gasteiger partial charge in [0.1, 0.15) is 5.82 Å². The van der Waals surface area contributed by atoms with Crippen LogP contribution in [0, 0.1) is 0 Å². The zero-order chi connectivity index (χ0) is 18.5. The molecule has 0 saturated carbocycles. The summed E-state index contributed by atoms with van der Waals surface area (Å²) in [6.45, 7) is 4.66. The van der Waals surface area contributed by atoms with Crippen molar-refractivity contribution in [2.45, 2.75) is 31.3 Å². The molecule has 1 aromatic heterocycles. The fourth-order valence-corrected chi connectivity index (χ4v) is 3.84. The van der Waals surface area contributed by atoms with Crippen LogP contribution in [0.15, 0.2) is 66.7 Å². The van der Waals surface area contributed by atoms with Crippen molar-refractivity contribution in [2.75, 3.05) is 25.1 Å². The number of para-hydroxylation sites is 1. The molecule has 4 heteroatoms. The molecule has 0 bridgehead atoms. The van der Waals surface area contributed by atoms with Gasteiger partial charge in [0.25, 0.3) is 0 Å². The van der Waals surface area contributed by atoms with Gasteiger partial charge in [0, 0.05) is 36.7 Å². The first kappa shape index (κ1) is 18.0. The highest BCUT2D eigenvalue weighted by Gasteiger charge is 2.33. The largest absolute Gasteiger partial charge is 0.381 e. The Morgan fingerprint density at radius 1 is 0.963 bits per heavy atom. The molecule has 1 unspecified atom stereocenters. The number of hydrogen-bond acceptors (Lipinski definition) is 4. The molecule has 140 valence electrons. The van der Waals surface area contributed by atoms with Crippen LogP contribution in [-0.4, -0.2) is 30.3 Å². The lowest BCUT2D eigenvalue weighted by atomic mass is 9.88. The van der Waals surface area contributed by atoms with Gasteiger partial charge in [-0.05, 0) is 43.5 Å². The van der Waals surface area contributed by atoms with E-state index in [0.29, 0.717) is 0 Å². The SMILES string of the molecule is CC(NC1(CNc2ccc3ccccc3n2)CCOCC1)c1ccccc1. The van der Waals surface area contributed by atoms with Crippen LogP contribution in [0.25, 0.3) is 10.9 Å². The molecule has 3 aromatic rings. The highest BCUT2D eigenvalue weighted by molar-refractivity contribution is 5.80. The van der Waals surface area contributed by atoms with Crippen molar-refractivity contribution in [3.63, 3.8) is 0 Å². The van der Waals surface area contributed by atoms with Crippen LogP contribution in [0.5, 0.6) is 0 Å². The predicted octanol–water partition coefficient (Wildman–Crippen LogP) is 4.55. The Balaban J connectivity index is 1.49. The number of aromatic nitrogens is 1. The maximum absolute atomic E-state index is 5.64. The van der Waals surface area contributed by atoms with Crippen LogP contribution < -0.4 is 10.6 Å². The normalized spacial score (nSPS) is 17.5. The van der Waals surface area contributed by atoms with Crippen molar-refractivity contribution in [1.82, 2.24) is 10.3 Å². The van der Waals surface area contributed by atoms with Crippen molar-refractivity contribution in [3.8, 4) is 0 Å². The number of ether oxygens (including phenoxy) is 1. The highest BCUT2D eigenvalue weighted by atomic mass is 16.5. The molecule has 4 nitrogen and oxygen atoms in total. The number of rotatable bonds is 6. The Hall–Kier alpha value is -2.43. The number of pyridine rings is 1. The van der Waals surface area contributed by atoms with E-state index in [-0.39, 0.29) is 11.6 Å². The predicted molar refractivity (Wildman–Crippen MR) is 111 cm³/mol. The molecule has 1 saturated heterocycles. The maximum atomic E-state index is 5.64. The molecule has 0 aliphatic carbocycles. The Kier molecular flexibility index (Phi) is 5.37. The molecule has 0 radical (unpaired) electrons. The van der Waals surface area contributed by atoms with Gasteiger partial charge in [-0.1, -0.05) is 48.5 Å². The van der Waals surface area contributed by atoms with E-state index in [2.05, 4.69) is 72.2 Å². The van der Waals surface area contributed by atoms with Gasteiger partial charge in [0.05, 0.1) is 5.52 Å². The van der Waals surface area contributed by atoms with Gasteiger partial charge >= 0.3 is 0 Å². The standard InChI is InChI=1S/C23H27N3O/c1-18(19-7-3-2-4-8-19)26-23(13-15-27-16-14-23)17-24-22-12-11-20-9-5-6-10-21(20)25-22/h2-12,18,26H,13-17H2,1H3,(H,24,25). The van der Waals surface area contributed by atoms with Crippen LogP contribution in [-0.2, 0) is 4.74 Å². The third-order valence-corrected chi connectivity index (χ3v) is 5.48. The molecule has 1 fully saturated rings. The van der Waals surface area contributed by atoms with Crippen LogP contribution in [0.4, 0.5) is 5.82 Å². The fourth-order valence-electron chi connectivity index (χ4n) is 3.84. The van der Waals surface area contributed by atoms with Gasteiger partial charge in [-0.2, -0.15) is 0 Å². The quantitative estimate of drug-likeness (QED) is 0.676. The summed E-state index contributed by atoms with van der Waals surface area (Å²) in [7, 11) is 0. The lowest BCUT2D eigenvalue weighted by molar-refractivity contribution is 0.0389. The summed E-state index contributed by atoms with van der Waals surface area (Å²) < 4.78 is 5.64. The molecule has 0 amide bonds. The maximum Gasteiger partial charge on any atom is 0.126 e. The van der Waals surface area contributed by atoms with Gasteiger partial charge in [0.15, 0.2) is 0 Å². The van der Waals surface area contributed by atoms with Gasteiger partial charge in [-0.25, -0.2) is 4.98 Å². The summed E-state index contributed by atoms with van der Waals surface area (Å²) >= 11 is 0. The van der Waals surface area contributed by atoms with Crippen molar-refractivity contribution in [3.05, 3.63) is 72.3 Å². The third kappa shape index (κ3) is 4.29. The van der Waals surface area contributed by atoms with Crippen LogP contribution in [0.2, 0.25) is 0 Å². The molecule has 2 heterocycles. The minimum Gasteiger partial charge on any atom is -0.381 e. The van der Waals surface area contributed by atoms with Gasteiger partial charge < -0.3 is 15.4 Å². The number of nitrogens with one attached hydrogen (secondary N) is 2. The van der Waals surface area contributed by atoms with Gasteiger partial charge in [-0.3, -0.25) is 0 Å². The van der Waals surface area contributed by atoms with E-state index in [1.807, 2.05) is 12.1 Å². The summed E-state index contributed by atoms with van der Waals surface area (Å²) in [6, 6.07) is 23.3. The molecule has 1 aliphatic rings. The lowest BCUT2D eigenvalue weighted by Crippen LogP contribution is -2.54. The minimum absolute atomic E-state index is 0.000826. The second-order valence-electron chi connectivity index (χ2n) is 7.41. The summed E-state index contributed by atoms with van der Waals surface area (Å²) in [4.78, 5) is 4.76.